The molecular formula is C20H39N3O. The molecule has 0 amide bonds. The molecule has 0 aromatic rings. The van der Waals surface area contributed by atoms with Crippen LogP contribution in [0.5, 0.6) is 0 Å². The van der Waals surface area contributed by atoms with E-state index in [1.54, 1.807) is 0 Å². The fourth-order valence-electron chi connectivity index (χ4n) is 4.71. The molecule has 3 heterocycles. The van der Waals surface area contributed by atoms with Crippen molar-refractivity contribution in [3.63, 3.8) is 0 Å². The van der Waals surface area contributed by atoms with Gasteiger partial charge in [0.2, 0.25) is 0 Å². The molecule has 0 saturated carbocycles. The molecule has 0 N–H and O–H groups in total. The maximum Gasteiger partial charge on any atom is 0.0997 e. The largest absolute Gasteiger partial charge is 0.360 e. The molecule has 0 aromatic carbocycles. The van der Waals surface area contributed by atoms with Crippen LogP contribution in [0, 0.1) is 5.92 Å². The highest BCUT2D eigenvalue weighted by Crippen LogP contribution is 2.36. The Morgan fingerprint density at radius 3 is 2.08 bits per heavy atom. The summed E-state index contributed by atoms with van der Waals surface area (Å²) in [7, 11) is 0. The van der Waals surface area contributed by atoms with E-state index >= 15 is 0 Å². The molecule has 0 spiro atoms. The van der Waals surface area contributed by atoms with Gasteiger partial charge in [-0.1, -0.05) is 0 Å². The number of nitrogens with zero attached hydrogens (tertiary/aromatic N) is 3. The fourth-order valence-corrected chi connectivity index (χ4v) is 4.71. The Balaban J connectivity index is 1.39. The third-order valence-electron chi connectivity index (χ3n) is 6.10. The molecular weight excluding hydrogens is 298 g/mol. The van der Waals surface area contributed by atoms with Gasteiger partial charge in [0.15, 0.2) is 0 Å². The molecule has 0 aliphatic carbocycles. The highest BCUT2D eigenvalue weighted by Gasteiger charge is 2.46. The summed E-state index contributed by atoms with van der Waals surface area (Å²) in [6.45, 7) is 20.6. The molecule has 2 atom stereocenters. The first-order valence-corrected chi connectivity index (χ1v) is 9.99. The number of hydrogen-bond donors (Lipinski definition) is 0. The minimum Gasteiger partial charge on any atom is -0.360 e. The zero-order chi connectivity index (χ0) is 17.5. The molecule has 4 heteroatoms. The summed E-state index contributed by atoms with van der Waals surface area (Å²) >= 11 is 0. The molecule has 3 saturated heterocycles. The predicted octanol–water partition coefficient (Wildman–Crippen LogP) is 3.03. The van der Waals surface area contributed by atoms with Gasteiger partial charge in [-0.2, -0.15) is 0 Å². The van der Waals surface area contributed by atoms with E-state index in [9.17, 15) is 0 Å². The lowest BCUT2D eigenvalue weighted by molar-refractivity contribution is -0.0724. The maximum atomic E-state index is 5.93. The Morgan fingerprint density at radius 1 is 0.917 bits per heavy atom. The Kier molecular flexibility index (Phi) is 5.33. The quantitative estimate of drug-likeness (QED) is 0.785. The van der Waals surface area contributed by atoms with Gasteiger partial charge in [0, 0.05) is 50.3 Å². The standard InChI is InChI=1S/C20H39N3O/c1-19(2,3)23-14-17-11-18(23)13-22(17)12-16-7-9-21(10-8-16)15-24-20(4,5)6/h16-18H,7-15H2,1-6H3/t17-,18-/m1/s1. The minimum atomic E-state index is -0.0233. The van der Waals surface area contributed by atoms with E-state index in [0.29, 0.717) is 5.54 Å². The van der Waals surface area contributed by atoms with E-state index in [1.165, 1.54) is 52.0 Å². The van der Waals surface area contributed by atoms with Gasteiger partial charge >= 0.3 is 0 Å². The Labute approximate surface area is 149 Å². The highest BCUT2D eigenvalue weighted by molar-refractivity contribution is 5.03. The number of rotatable bonds is 4. The summed E-state index contributed by atoms with van der Waals surface area (Å²) in [4.78, 5) is 8.03. The lowest BCUT2D eigenvalue weighted by Gasteiger charge is -2.43. The van der Waals surface area contributed by atoms with Gasteiger partial charge < -0.3 is 4.74 Å². The van der Waals surface area contributed by atoms with Gasteiger partial charge in [-0.3, -0.25) is 14.7 Å². The van der Waals surface area contributed by atoms with Gasteiger partial charge in [-0.05, 0) is 66.7 Å². The average molecular weight is 338 g/mol. The number of piperazine rings is 1. The maximum absolute atomic E-state index is 5.93. The first kappa shape index (κ1) is 18.6. The Morgan fingerprint density at radius 2 is 1.58 bits per heavy atom. The monoisotopic (exact) mass is 337 g/mol. The number of fused-ring (bicyclic) bond motifs is 2. The summed E-state index contributed by atoms with van der Waals surface area (Å²) in [6, 6.07) is 1.62. The van der Waals surface area contributed by atoms with Crippen molar-refractivity contribution in [1.29, 1.82) is 0 Å². The summed E-state index contributed by atoms with van der Waals surface area (Å²) < 4.78 is 5.93. The van der Waals surface area contributed by atoms with Crippen LogP contribution < -0.4 is 0 Å². The van der Waals surface area contributed by atoms with Crippen molar-refractivity contribution in [2.45, 2.75) is 84.0 Å². The van der Waals surface area contributed by atoms with Gasteiger partial charge in [0.05, 0.1) is 12.3 Å². The second-order valence-electron chi connectivity index (χ2n) is 10.3. The van der Waals surface area contributed by atoms with E-state index < -0.39 is 0 Å². The number of ether oxygens (including phenoxy) is 1. The van der Waals surface area contributed by atoms with Gasteiger partial charge in [0.25, 0.3) is 0 Å². The van der Waals surface area contributed by atoms with Crippen LogP contribution in [0.1, 0.15) is 60.8 Å². The van der Waals surface area contributed by atoms with Gasteiger partial charge in [-0.15, -0.1) is 0 Å². The molecule has 2 bridgehead atoms. The van der Waals surface area contributed by atoms with E-state index in [4.69, 9.17) is 4.74 Å². The third kappa shape index (κ3) is 4.51. The smallest absolute Gasteiger partial charge is 0.0997 e. The summed E-state index contributed by atoms with van der Waals surface area (Å²) in [5, 5.41) is 0. The second-order valence-corrected chi connectivity index (χ2v) is 10.3. The first-order valence-electron chi connectivity index (χ1n) is 9.99. The summed E-state index contributed by atoms with van der Waals surface area (Å²) in [5.41, 5.74) is 0.314. The number of piperidine rings is 1. The lowest BCUT2D eigenvalue weighted by atomic mass is 9.96. The van der Waals surface area contributed by atoms with Crippen LogP contribution in [0.15, 0.2) is 0 Å². The van der Waals surface area contributed by atoms with Crippen LogP contribution in [-0.4, -0.2) is 77.4 Å². The van der Waals surface area contributed by atoms with Crippen LogP contribution in [-0.2, 0) is 4.74 Å². The van der Waals surface area contributed by atoms with E-state index in [2.05, 4.69) is 56.2 Å². The fraction of sp³-hybridized carbons (Fsp3) is 1.00. The van der Waals surface area contributed by atoms with Crippen molar-refractivity contribution >= 4 is 0 Å². The number of hydrogen-bond acceptors (Lipinski definition) is 4. The number of likely N-dealkylation sites (tertiary alicyclic amines) is 3. The third-order valence-corrected chi connectivity index (χ3v) is 6.10. The molecule has 24 heavy (non-hydrogen) atoms. The van der Waals surface area contributed by atoms with Crippen molar-refractivity contribution < 1.29 is 4.74 Å². The molecule has 0 unspecified atom stereocenters. The van der Waals surface area contributed by atoms with Crippen molar-refractivity contribution in [3.05, 3.63) is 0 Å². The minimum absolute atomic E-state index is 0.0233. The van der Waals surface area contributed by atoms with Crippen LogP contribution >= 0.6 is 0 Å². The van der Waals surface area contributed by atoms with Gasteiger partial charge in [-0.25, -0.2) is 0 Å². The van der Waals surface area contributed by atoms with Crippen molar-refractivity contribution in [3.8, 4) is 0 Å². The normalized spacial score (nSPS) is 31.2. The molecule has 0 radical (unpaired) electrons. The Hall–Kier alpha value is -0.160. The van der Waals surface area contributed by atoms with Crippen molar-refractivity contribution in [2.24, 2.45) is 5.92 Å². The second kappa shape index (κ2) is 6.86. The predicted molar refractivity (Wildman–Crippen MR) is 100 cm³/mol. The molecule has 140 valence electrons. The molecule has 0 aromatic heterocycles. The van der Waals surface area contributed by atoms with E-state index in [-0.39, 0.29) is 5.60 Å². The molecule has 3 fully saturated rings. The van der Waals surface area contributed by atoms with Crippen LogP contribution in [0.2, 0.25) is 0 Å². The van der Waals surface area contributed by atoms with E-state index in [0.717, 1.165) is 24.7 Å². The Bertz CT molecular complexity index is 418. The van der Waals surface area contributed by atoms with Crippen LogP contribution in [0.4, 0.5) is 0 Å². The zero-order valence-electron chi connectivity index (χ0n) is 16.8. The SMILES string of the molecule is CC(C)(C)OCN1CCC(CN2C[C@H]3C[C@@H]2CN3C(C)(C)C)CC1. The lowest BCUT2D eigenvalue weighted by Crippen LogP contribution is -2.54. The van der Waals surface area contributed by atoms with Crippen LogP contribution in [0.25, 0.3) is 0 Å². The zero-order valence-corrected chi connectivity index (χ0v) is 16.8. The van der Waals surface area contributed by atoms with E-state index in [1.807, 2.05) is 0 Å². The summed E-state index contributed by atoms with van der Waals surface area (Å²) in [6.07, 6.45) is 4.07. The molecule has 4 nitrogen and oxygen atoms in total. The first-order chi connectivity index (χ1) is 11.1. The molecule has 3 rings (SSSR count). The summed E-state index contributed by atoms with van der Waals surface area (Å²) in [5.74, 6) is 0.887. The van der Waals surface area contributed by atoms with Gasteiger partial charge in [0.1, 0.15) is 0 Å². The van der Waals surface area contributed by atoms with Crippen LogP contribution in [0.3, 0.4) is 0 Å². The highest BCUT2D eigenvalue weighted by atomic mass is 16.5. The average Bonchev–Trinajstić information content (AvgIpc) is 3.05. The van der Waals surface area contributed by atoms with Crippen molar-refractivity contribution in [1.82, 2.24) is 14.7 Å². The molecule has 3 aliphatic rings. The topological polar surface area (TPSA) is 19.0 Å². The molecule has 3 aliphatic heterocycles. The van der Waals surface area contributed by atoms with Crippen molar-refractivity contribution in [2.75, 3.05) is 39.5 Å².